The summed E-state index contributed by atoms with van der Waals surface area (Å²) in [6.07, 6.45) is 4.48. The number of anilines is 1. The Morgan fingerprint density at radius 1 is 1.04 bits per heavy atom. The molecule has 116 valence electrons. The molecule has 23 heavy (non-hydrogen) atoms. The van der Waals surface area contributed by atoms with Crippen LogP contribution in [0.15, 0.2) is 54.6 Å². The number of hydrogen-bond acceptors (Lipinski definition) is 3. The molecule has 0 spiro atoms. The number of benzene rings is 2. The van der Waals surface area contributed by atoms with Crippen molar-refractivity contribution in [1.29, 1.82) is 0 Å². The van der Waals surface area contributed by atoms with Crippen molar-refractivity contribution in [2.75, 3.05) is 11.9 Å². The topological polar surface area (TPSA) is 67.4 Å². The number of amides is 2. The lowest BCUT2D eigenvalue weighted by Crippen LogP contribution is -2.25. The molecule has 0 aliphatic carbocycles. The predicted octanol–water partition coefficient (Wildman–Crippen LogP) is 2.80. The highest BCUT2D eigenvalue weighted by molar-refractivity contribution is 6.02. The first kappa shape index (κ1) is 16.1. The summed E-state index contributed by atoms with van der Waals surface area (Å²) in [5.41, 5.74) is 1.56. The zero-order valence-electron chi connectivity index (χ0n) is 12.4. The molecule has 2 aromatic carbocycles. The van der Waals surface area contributed by atoms with E-state index in [1.54, 1.807) is 24.3 Å². The smallest absolute Gasteiger partial charge is 0.411 e. The minimum atomic E-state index is -0.633. The molecule has 5 heteroatoms. The van der Waals surface area contributed by atoms with Crippen LogP contribution in [0.25, 0.3) is 0 Å². The van der Waals surface area contributed by atoms with E-state index in [0.717, 1.165) is 5.56 Å². The molecule has 0 aliphatic rings. The Morgan fingerprint density at radius 2 is 1.74 bits per heavy atom. The van der Waals surface area contributed by atoms with Crippen LogP contribution in [0.2, 0.25) is 0 Å². The van der Waals surface area contributed by atoms with Gasteiger partial charge in [-0.25, -0.2) is 4.79 Å². The molecule has 2 N–H and O–H groups in total. The summed E-state index contributed by atoms with van der Waals surface area (Å²) < 4.78 is 5.13. The molecule has 5 nitrogen and oxygen atoms in total. The molecule has 0 saturated heterocycles. The molecule has 0 unspecified atom stereocenters. The number of nitrogens with one attached hydrogen (secondary N) is 2. The van der Waals surface area contributed by atoms with Crippen molar-refractivity contribution in [3.8, 4) is 12.3 Å². The molecule has 2 rings (SSSR count). The fourth-order valence-corrected chi connectivity index (χ4v) is 1.89. The summed E-state index contributed by atoms with van der Waals surface area (Å²) in [6.45, 7) is 0.268. The Hall–Kier alpha value is -3.26. The van der Waals surface area contributed by atoms with E-state index in [4.69, 9.17) is 11.2 Å². The number of carbonyl (C=O) groups excluding carboxylic acids is 2. The van der Waals surface area contributed by atoms with Crippen molar-refractivity contribution >= 4 is 17.7 Å². The molecule has 0 fully saturated rings. The second-order valence-electron chi connectivity index (χ2n) is 4.62. The molecule has 0 atom stereocenters. The lowest BCUT2D eigenvalue weighted by molar-refractivity contribution is 0.0959. The average molecular weight is 308 g/mol. The predicted molar refractivity (Wildman–Crippen MR) is 87.9 cm³/mol. The second kappa shape index (κ2) is 8.25. The third-order valence-corrected chi connectivity index (χ3v) is 2.97. The van der Waals surface area contributed by atoms with E-state index in [1.165, 1.54) is 0 Å². The minimum Gasteiger partial charge on any atom is -0.444 e. The van der Waals surface area contributed by atoms with Gasteiger partial charge >= 0.3 is 6.09 Å². The quantitative estimate of drug-likeness (QED) is 0.835. The molecule has 0 aromatic heterocycles. The third-order valence-electron chi connectivity index (χ3n) is 2.97. The summed E-state index contributed by atoms with van der Waals surface area (Å²) in [5, 5.41) is 5.12. The molecule has 2 aromatic rings. The Balaban J connectivity index is 1.98. The van der Waals surface area contributed by atoms with Crippen molar-refractivity contribution in [3.63, 3.8) is 0 Å². The largest absolute Gasteiger partial charge is 0.444 e. The van der Waals surface area contributed by atoms with Gasteiger partial charge in [-0.1, -0.05) is 48.4 Å². The van der Waals surface area contributed by atoms with Crippen LogP contribution < -0.4 is 10.6 Å². The maximum absolute atomic E-state index is 12.0. The number of rotatable bonds is 5. The van der Waals surface area contributed by atoms with Crippen LogP contribution in [-0.4, -0.2) is 18.5 Å². The van der Waals surface area contributed by atoms with Crippen molar-refractivity contribution < 1.29 is 14.3 Å². The van der Waals surface area contributed by atoms with Gasteiger partial charge in [-0.05, 0) is 17.7 Å². The zero-order valence-corrected chi connectivity index (χ0v) is 12.4. The molecule has 0 aliphatic heterocycles. The minimum absolute atomic E-state index is 0.117. The van der Waals surface area contributed by atoms with Crippen LogP contribution in [0.3, 0.4) is 0 Å². The monoisotopic (exact) mass is 308 g/mol. The maximum atomic E-state index is 12.0. The van der Waals surface area contributed by atoms with Crippen molar-refractivity contribution in [3.05, 3.63) is 65.7 Å². The lowest BCUT2D eigenvalue weighted by atomic mass is 10.1. The van der Waals surface area contributed by atoms with Gasteiger partial charge in [-0.2, -0.15) is 0 Å². The second-order valence-corrected chi connectivity index (χ2v) is 4.62. The normalized spacial score (nSPS) is 9.52. The SMILES string of the molecule is C#CCNC(=O)c1ccccc1NC(=O)OCc1ccccc1. The molecule has 0 heterocycles. The fraction of sp³-hybridized carbons (Fsp3) is 0.111. The van der Waals surface area contributed by atoms with Crippen molar-refractivity contribution in [2.24, 2.45) is 0 Å². The third kappa shape index (κ3) is 4.90. The Labute approximate surface area is 134 Å². The van der Waals surface area contributed by atoms with Gasteiger partial charge < -0.3 is 10.1 Å². The first-order valence-corrected chi connectivity index (χ1v) is 6.99. The lowest BCUT2D eigenvalue weighted by Gasteiger charge is -2.11. The van der Waals surface area contributed by atoms with Crippen LogP contribution in [-0.2, 0) is 11.3 Å². The van der Waals surface area contributed by atoms with Gasteiger partial charge in [-0.15, -0.1) is 6.42 Å². The Morgan fingerprint density at radius 3 is 2.48 bits per heavy atom. The maximum Gasteiger partial charge on any atom is 0.411 e. The number of ether oxygens (including phenoxy) is 1. The van der Waals surface area contributed by atoms with Crippen LogP contribution in [0.1, 0.15) is 15.9 Å². The van der Waals surface area contributed by atoms with Gasteiger partial charge in [0.15, 0.2) is 0 Å². The van der Waals surface area contributed by atoms with E-state index in [1.807, 2.05) is 30.3 Å². The summed E-state index contributed by atoms with van der Waals surface area (Å²) in [5.74, 6) is 1.96. The van der Waals surface area contributed by atoms with E-state index < -0.39 is 6.09 Å². The summed E-state index contributed by atoms with van der Waals surface area (Å²) in [4.78, 5) is 23.9. The summed E-state index contributed by atoms with van der Waals surface area (Å²) in [7, 11) is 0. The molecular formula is C18H16N2O3. The number of terminal acetylenes is 1. The fourth-order valence-electron chi connectivity index (χ4n) is 1.89. The van der Waals surface area contributed by atoms with Crippen LogP contribution in [0, 0.1) is 12.3 Å². The first-order valence-electron chi connectivity index (χ1n) is 6.99. The number of para-hydroxylation sites is 1. The highest BCUT2D eigenvalue weighted by Crippen LogP contribution is 2.15. The van der Waals surface area contributed by atoms with Crippen LogP contribution >= 0.6 is 0 Å². The van der Waals surface area contributed by atoms with Crippen LogP contribution in [0.5, 0.6) is 0 Å². The van der Waals surface area contributed by atoms with E-state index in [0.29, 0.717) is 11.3 Å². The highest BCUT2D eigenvalue weighted by Gasteiger charge is 2.13. The highest BCUT2D eigenvalue weighted by atomic mass is 16.5. The van der Waals surface area contributed by atoms with Gasteiger partial charge in [0, 0.05) is 0 Å². The van der Waals surface area contributed by atoms with Gasteiger partial charge in [-0.3, -0.25) is 10.1 Å². The van der Waals surface area contributed by atoms with E-state index in [9.17, 15) is 9.59 Å². The summed E-state index contributed by atoms with van der Waals surface area (Å²) in [6, 6.07) is 15.9. The molecule has 0 bridgehead atoms. The summed E-state index contributed by atoms with van der Waals surface area (Å²) >= 11 is 0. The van der Waals surface area contributed by atoms with Gasteiger partial charge in [0.2, 0.25) is 0 Å². The van der Waals surface area contributed by atoms with E-state index in [-0.39, 0.29) is 19.1 Å². The van der Waals surface area contributed by atoms with Crippen molar-refractivity contribution in [2.45, 2.75) is 6.61 Å². The Bertz CT molecular complexity index is 721. The van der Waals surface area contributed by atoms with Crippen LogP contribution in [0.4, 0.5) is 10.5 Å². The Kier molecular flexibility index (Phi) is 5.78. The van der Waals surface area contributed by atoms with Crippen molar-refractivity contribution in [1.82, 2.24) is 5.32 Å². The standard InChI is InChI=1S/C18H16N2O3/c1-2-12-19-17(21)15-10-6-7-11-16(15)20-18(22)23-13-14-8-4-3-5-9-14/h1,3-11H,12-13H2,(H,19,21)(H,20,22). The zero-order chi connectivity index (χ0) is 16.5. The number of hydrogen-bond donors (Lipinski definition) is 2. The van der Waals surface area contributed by atoms with Gasteiger partial charge in [0.1, 0.15) is 6.61 Å². The van der Waals surface area contributed by atoms with E-state index in [2.05, 4.69) is 16.6 Å². The molecule has 0 radical (unpaired) electrons. The molecule has 0 saturated carbocycles. The van der Waals surface area contributed by atoms with Gasteiger partial charge in [0.25, 0.3) is 5.91 Å². The van der Waals surface area contributed by atoms with E-state index >= 15 is 0 Å². The first-order chi connectivity index (χ1) is 11.2. The number of carbonyl (C=O) groups is 2. The van der Waals surface area contributed by atoms with Gasteiger partial charge in [0.05, 0.1) is 17.8 Å². The molecule has 2 amide bonds. The average Bonchev–Trinajstić information content (AvgIpc) is 2.59. The molecular weight excluding hydrogens is 292 g/mol.